The van der Waals surface area contributed by atoms with E-state index in [1.807, 2.05) is 0 Å². The van der Waals surface area contributed by atoms with Crippen LogP contribution in [0, 0.1) is 11.6 Å². The van der Waals surface area contributed by atoms with Crippen LogP contribution in [0.5, 0.6) is 0 Å². The van der Waals surface area contributed by atoms with Gasteiger partial charge in [0.25, 0.3) is 0 Å². The maximum absolute atomic E-state index is 13.4. The van der Waals surface area contributed by atoms with Crippen LogP contribution < -0.4 is 5.32 Å². The summed E-state index contributed by atoms with van der Waals surface area (Å²) < 4.78 is 48.8. The predicted molar refractivity (Wildman–Crippen MR) is 77.3 cm³/mol. The third-order valence-electron chi connectivity index (χ3n) is 2.88. The van der Waals surface area contributed by atoms with E-state index in [-0.39, 0.29) is 22.2 Å². The number of hydrogen-bond donors (Lipinski definition) is 1. The van der Waals surface area contributed by atoms with Crippen molar-refractivity contribution < 1.29 is 22.0 Å². The molecule has 1 aromatic carbocycles. The lowest BCUT2D eigenvalue weighted by molar-refractivity contribution is -0.119. The highest BCUT2D eigenvalue weighted by molar-refractivity contribution is 8.00. The summed E-state index contributed by atoms with van der Waals surface area (Å²) >= 11 is 6.77. The van der Waals surface area contributed by atoms with Crippen molar-refractivity contribution in [3.63, 3.8) is 0 Å². The Morgan fingerprint density at radius 1 is 1.38 bits per heavy atom. The van der Waals surface area contributed by atoms with E-state index in [1.165, 1.54) is 6.07 Å². The van der Waals surface area contributed by atoms with Gasteiger partial charge < -0.3 is 5.32 Å². The first kappa shape index (κ1) is 16.5. The molecule has 9 heteroatoms. The highest BCUT2D eigenvalue weighted by Crippen LogP contribution is 2.23. The summed E-state index contributed by atoms with van der Waals surface area (Å²) in [4.78, 5) is 11.9. The van der Waals surface area contributed by atoms with E-state index in [4.69, 9.17) is 11.6 Å². The number of carbonyl (C=O) groups is 1. The Bertz CT molecular complexity index is 654. The van der Waals surface area contributed by atoms with Crippen LogP contribution in [0.2, 0.25) is 0 Å². The largest absolute Gasteiger partial charge is 0.350 e. The highest BCUT2D eigenvalue weighted by Gasteiger charge is 2.37. The molecule has 1 N–H and O–H groups in total. The van der Waals surface area contributed by atoms with Gasteiger partial charge in [0.15, 0.2) is 9.84 Å². The third-order valence-corrected chi connectivity index (χ3v) is 6.31. The van der Waals surface area contributed by atoms with Crippen molar-refractivity contribution in [2.24, 2.45) is 0 Å². The summed E-state index contributed by atoms with van der Waals surface area (Å²) in [5.41, 5.74) is 0. The Morgan fingerprint density at radius 2 is 2.10 bits per heavy atom. The number of benzene rings is 1. The number of sulfone groups is 1. The lowest BCUT2D eigenvalue weighted by Crippen LogP contribution is -2.41. The second-order valence-corrected chi connectivity index (χ2v) is 8.36. The van der Waals surface area contributed by atoms with Gasteiger partial charge in [-0.15, -0.1) is 23.4 Å². The zero-order valence-corrected chi connectivity index (χ0v) is 13.1. The van der Waals surface area contributed by atoms with Crippen LogP contribution in [0.4, 0.5) is 8.78 Å². The van der Waals surface area contributed by atoms with Gasteiger partial charge in [-0.3, -0.25) is 4.79 Å². The Balaban J connectivity index is 1.88. The second-order valence-electron chi connectivity index (χ2n) is 4.63. The fourth-order valence-corrected chi connectivity index (χ4v) is 5.20. The van der Waals surface area contributed by atoms with Crippen molar-refractivity contribution >= 4 is 39.1 Å². The first-order valence-electron chi connectivity index (χ1n) is 5.98. The predicted octanol–water partition coefficient (Wildman–Crippen LogP) is 1.58. The molecule has 2 atom stereocenters. The van der Waals surface area contributed by atoms with Crippen molar-refractivity contribution in [3.05, 3.63) is 29.8 Å². The van der Waals surface area contributed by atoms with E-state index in [1.54, 1.807) is 0 Å². The molecule has 4 nitrogen and oxygen atoms in total. The van der Waals surface area contributed by atoms with E-state index in [2.05, 4.69) is 5.32 Å². The molecular weight excluding hydrogens is 344 g/mol. The van der Waals surface area contributed by atoms with Crippen molar-refractivity contribution in [2.45, 2.75) is 16.3 Å². The molecule has 1 amide bonds. The highest BCUT2D eigenvalue weighted by atomic mass is 35.5. The molecule has 21 heavy (non-hydrogen) atoms. The fourth-order valence-electron chi connectivity index (χ4n) is 1.92. The molecule has 1 heterocycles. The maximum atomic E-state index is 13.4. The minimum absolute atomic E-state index is 0.108. The summed E-state index contributed by atoms with van der Waals surface area (Å²) in [6, 6.07) is 2.44. The second kappa shape index (κ2) is 6.50. The minimum Gasteiger partial charge on any atom is -0.350 e. The topological polar surface area (TPSA) is 63.2 Å². The van der Waals surface area contributed by atoms with E-state index in [9.17, 15) is 22.0 Å². The van der Waals surface area contributed by atoms with Crippen LogP contribution in [0.3, 0.4) is 0 Å². The number of alkyl halides is 1. The number of nitrogens with one attached hydrogen (secondary N) is 1. The van der Waals surface area contributed by atoms with Gasteiger partial charge in [0.2, 0.25) is 5.91 Å². The van der Waals surface area contributed by atoms with Crippen molar-refractivity contribution in [1.29, 1.82) is 0 Å². The number of amides is 1. The van der Waals surface area contributed by atoms with Crippen LogP contribution in [0.1, 0.15) is 0 Å². The normalized spacial score (nSPS) is 24.0. The molecule has 1 aromatic rings. The molecule has 1 saturated heterocycles. The van der Waals surface area contributed by atoms with Crippen LogP contribution in [0.25, 0.3) is 0 Å². The van der Waals surface area contributed by atoms with Gasteiger partial charge in [-0.05, 0) is 12.1 Å². The van der Waals surface area contributed by atoms with Gasteiger partial charge in [-0.25, -0.2) is 17.2 Å². The number of thioether (sulfide) groups is 1. The summed E-state index contributed by atoms with van der Waals surface area (Å²) in [6.07, 6.45) is 0. The molecule has 0 unspecified atom stereocenters. The Morgan fingerprint density at radius 3 is 2.67 bits per heavy atom. The van der Waals surface area contributed by atoms with Crippen LogP contribution in [0.15, 0.2) is 23.1 Å². The standard InChI is InChI=1S/C12H12ClF2NO3S2/c13-8-5-21(18,19)6-10(8)16-12(17)4-20-11-2-1-7(14)3-9(11)15/h1-3,8,10H,4-6H2,(H,16,17)/t8-,10+/m0/s1. The molecule has 0 aromatic heterocycles. The quantitative estimate of drug-likeness (QED) is 0.658. The lowest BCUT2D eigenvalue weighted by atomic mass is 10.2. The number of halogens is 3. The van der Waals surface area contributed by atoms with Gasteiger partial charge in [-0.2, -0.15) is 0 Å². The first-order valence-corrected chi connectivity index (χ1v) is 9.23. The zero-order chi connectivity index (χ0) is 15.6. The van der Waals surface area contributed by atoms with E-state index in [0.717, 1.165) is 23.9 Å². The van der Waals surface area contributed by atoms with Crippen molar-refractivity contribution in [3.8, 4) is 0 Å². The molecule has 1 fully saturated rings. The molecular formula is C12H12ClF2NO3S2. The van der Waals surface area contributed by atoms with Crippen LogP contribution in [-0.2, 0) is 14.6 Å². The Labute approximate surface area is 130 Å². The summed E-state index contributed by atoms with van der Waals surface area (Å²) in [7, 11) is -3.22. The minimum atomic E-state index is -3.22. The Hall–Kier alpha value is -0.860. The zero-order valence-electron chi connectivity index (χ0n) is 10.7. The number of hydrogen-bond acceptors (Lipinski definition) is 4. The lowest BCUT2D eigenvalue weighted by Gasteiger charge is -2.14. The third kappa shape index (κ3) is 4.55. The Kier molecular flexibility index (Phi) is 5.11. The van der Waals surface area contributed by atoms with E-state index in [0.29, 0.717) is 0 Å². The van der Waals surface area contributed by atoms with Gasteiger partial charge in [-0.1, -0.05) is 0 Å². The number of rotatable bonds is 4. The average molecular weight is 356 g/mol. The molecule has 116 valence electrons. The molecule has 0 saturated carbocycles. The molecule has 1 aliphatic rings. The van der Waals surface area contributed by atoms with Crippen molar-refractivity contribution in [2.75, 3.05) is 17.3 Å². The van der Waals surface area contributed by atoms with Crippen molar-refractivity contribution in [1.82, 2.24) is 5.32 Å². The SMILES string of the molecule is O=C(CSc1ccc(F)cc1F)N[C@@H]1CS(=O)(=O)C[C@@H]1Cl. The number of carbonyl (C=O) groups excluding carboxylic acids is 1. The van der Waals surface area contributed by atoms with Gasteiger partial charge in [0.05, 0.1) is 28.7 Å². The molecule has 0 spiro atoms. The smallest absolute Gasteiger partial charge is 0.230 e. The average Bonchev–Trinajstić information content (AvgIpc) is 2.61. The maximum Gasteiger partial charge on any atom is 0.230 e. The van der Waals surface area contributed by atoms with Gasteiger partial charge >= 0.3 is 0 Å². The molecule has 2 rings (SSSR count). The first-order chi connectivity index (χ1) is 9.77. The van der Waals surface area contributed by atoms with Crippen LogP contribution >= 0.6 is 23.4 Å². The molecule has 1 aliphatic heterocycles. The summed E-state index contributed by atoms with van der Waals surface area (Å²) in [5, 5.41) is 1.86. The summed E-state index contributed by atoms with van der Waals surface area (Å²) in [6.45, 7) is 0. The summed E-state index contributed by atoms with van der Waals surface area (Å²) in [5.74, 6) is -2.35. The fraction of sp³-hybridized carbons (Fsp3) is 0.417. The van der Waals surface area contributed by atoms with Crippen LogP contribution in [-0.4, -0.2) is 43.0 Å². The van der Waals surface area contributed by atoms with Gasteiger partial charge in [0, 0.05) is 11.0 Å². The van der Waals surface area contributed by atoms with E-state index >= 15 is 0 Å². The molecule has 0 radical (unpaired) electrons. The molecule has 0 bridgehead atoms. The molecule has 0 aliphatic carbocycles. The van der Waals surface area contributed by atoms with E-state index < -0.39 is 38.8 Å². The van der Waals surface area contributed by atoms with Gasteiger partial charge in [0.1, 0.15) is 11.6 Å². The monoisotopic (exact) mass is 355 g/mol.